The van der Waals surface area contributed by atoms with Crippen molar-refractivity contribution in [3.05, 3.63) is 28.7 Å². The van der Waals surface area contributed by atoms with Gasteiger partial charge in [0.25, 0.3) is 0 Å². The van der Waals surface area contributed by atoms with Crippen molar-refractivity contribution in [3.8, 4) is 5.75 Å². The van der Waals surface area contributed by atoms with Gasteiger partial charge < -0.3 is 15.5 Å². The van der Waals surface area contributed by atoms with Crippen LogP contribution in [-0.4, -0.2) is 23.1 Å². The van der Waals surface area contributed by atoms with E-state index >= 15 is 0 Å². The Morgan fingerprint density at radius 1 is 1.42 bits per heavy atom. The number of rotatable bonds is 6. The molecule has 0 amide bonds. The maximum absolute atomic E-state index is 5.39. The third-order valence-corrected chi connectivity index (χ3v) is 3.38. The summed E-state index contributed by atoms with van der Waals surface area (Å²) in [5.41, 5.74) is 3.79. The van der Waals surface area contributed by atoms with Crippen LogP contribution in [0.25, 0.3) is 0 Å². The van der Waals surface area contributed by atoms with E-state index < -0.39 is 0 Å². The van der Waals surface area contributed by atoms with Crippen LogP contribution in [0.2, 0.25) is 0 Å². The quantitative estimate of drug-likeness (QED) is 0.553. The van der Waals surface area contributed by atoms with Gasteiger partial charge >= 0.3 is 0 Å². The number of methoxy groups -OCH3 is 1. The van der Waals surface area contributed by atoms with E-state index in [9.17, 15) is 0 Å². The van der Waals surface area contributed by atoms with Gasteiger partial charge in [0.05, 0.1) is 7.11 Å². The minimum Gasteiger partial charge on any atom is -0.490 e. The number of hydrazine groups is 1. The molecular formula is C12H17N5OS. The lowest BCUT2D eigenvalue weighted by molar-refractivity contribution is 0.414. The standard InChI is InChI=1S/C12H17N5OS/c1-8(5-9-3-4-19-6-9)16-11-10(18-2)12(17-13)15-7-14-11/h3-4,6-8H,5,13H2,1-2H3,(H2,14,15,16,17). The van der Waals surface area contributed by atoms with E-state index in [-0.39, 0.29) is 6.04 Å². The Bertz CT molecular complexity index is 517. The van der Waals surface area contributed by atoms with Crippen molar-refractivity contribution in [2.45, 2.75) is 19.4 Å². The molecule has 7 heteroatoms. The van der Waals surface area contributed by atoms with E-state index in [2.05, 4.69) is 44.5 Å². The molecule has 0 aliphatic carbocycles. The molecule has 0 saturated heterocycles. The zero-order chi connectivity index (χ0) is 13.7. The van der Waals surface area contributed by atoms with Gasteiger partial charge in [-0.1, -0.05) is 0 Å². The summed E-state index contributed by atoms with van der Waals surface area (Å²) in [6.07, 6.45) is 2.36. The molecule has 19 heavy (non-hydrogen) atoms. The minimum absolute atomic E-state index is 0.226. The highest BCUT2D eigenvalue weighted by atomic mass is 32.1. The van der Waals surface area contributed by atoms with Crippen LogP contribution in [0.5, 0.6) is 5.75 Å². The zero-order valence-corrected chi connectivity index (χ0v) is 11.7. The summed E-state index contributed by atoms with van der Waals surface area (Å²) in [7, 11) is 1.56. The number of ether oxygens (including phenoxy) is 1. The Kier molecular flexibility index (Phi) is 4.53. The van der Waals surface area contributed by atoms with Crippen molar-refractivity contribution >= 4 is 23.0 Å². The topological polar surface area (TPSA) is 85.1 Å². The van der Waals surface area contributed by atoms with E-state index in [4.69, 9.17) is 10.6 Å². The second kappa shape index (κ2) is 6.35. The van der Waals surface area contributed by atoms with Crippen molar-refractivity contribution in [2.75, 3.05) is 17.9 Å². The molecule has 6 nitrogen and oxygen atoms in total. The zero-order valence-electron chi connectivity index (χ0n) is 10.9. The number of hydrogen-bond donors (Lipinski definition) is 3. The molecule has 0 spiro atoms. The van der Waals surface area contributed by atoms with Gasteiger partial charge in [-0.2, -0.15) is 11.3 Å². The Hall–Kier alpha value is -1.86. The van der Waals surface area contributed by atoms with Crippen LogP contribution in [0.4, 0.5) is 11.6 Å². The van der Waals surface area contributed by atoms with Crippen LogP contribution in [0, 0.1) is 0 Å². The molecule has 0 aromatic carbocycles. The number of nitrogens with one attached hydrogen (secondary N) is 2. The SMILES string of the molecule is COc1c(NN)ncnc1NC(C)Cc1ccsc1. The molecule has 4 N–H and O–H groups in total. The molecule has 0 saturated carbocycles. The lowest BCUT2D eigenvalue weighted by Crippen LogP contribution is -2.20. The van der Waals surface area contributed by atoms with Crippen molar-refractivity contribution < 1.29 is 4.74 Å². The summed E-state index contributed by atoms with van der Waals surface area (Å²) in [5.74, 6) is 7.00. The van der Waals surface area contributed by atoms with E-state index in [1.807, 2.05) is 0 Å². The van der Waals surface area contributed by atoms with Crippen molar-refractivity contribution in [1.82, 2.24) is 9.97 Å². The smallest absolute Gasteiger partial charge is 0.205 e. The third kappa shape index (κ3) is 3.33. The summed E-state index contributed by atoms with van der Waals surface area (Å²) in [6, 6.07) is 2.34. The van der Waals surface area contributed by atoms with Crippen molar-refractivity contribution in [1.29, 1.82) is 0 Å². The summed E-state index contributed by atoms with van der Waals surface area (Å²) in [5, 5.41) is 7.52. The first-order valence-electron chi connectivity index (χ1n) is 5.87. The van der Waals surface area contributed by atoms with Crippen LogP contribution >= 0.6 is 11.3 Å². The average molecular weight is 279 g/mol. The van der Waals surface area contributed by atoms with E-state index in [1.165, 1.54) is 11.9 Å². The lowest BCUT2D eigenvalue weighted by atomic mass is 10.1. The molecule has 0 aliphatic rings. The molecule has 0 radical (unpaired) electrons. The first kappa shape index (κ1) is 13.6. The fourth-order valence-electron chi connectivity index (χ4n) is 1.82. The van der Waals surface area contributed by atoms with Gasteiger partial charge in [-0.25, -0.2) is 15.8 Å². The van der Waals surface area contributed by atoms with Crippen LogP contribution in [0.1, 0.15) is 12.5 Å². The lowest BCUT2D eigenvalue weighted by Gasteiger charge is -2.17. The molecule has 1 atom stereocenters. The predicted molar refractivity (Wildman–Crippen MR) is 77.5 cm³/mol. The number of nitrogens with two attached hydrogens (primary N) is 1. The minimum atomic E-state index is 0.226. The second-order valence-electron chi connectivity index (χ2n) is 4.13. The van der Waals surface area contributed by atoms with Gasteiger partial charge in [-0.15, -0.1) is 0 Å². The molecule has 0 aliphatic heterocycles. The molecule has 0 fully saturated rings. The monoisotopic (exact) mass is 279 g/mol. The third-order valence-electron chi connectivity index (χ3n) is 2.65. The number of anilines is 2. The number of thiophene rings is 1. The van der Waals surface area contributed by atoms with Crippen LogP contribution in [-0.2, 0) is 6.42 Å². The van der Waals surface area contributed by atoms with Gasteiger partial charge in [0.1, 0.15) is 6.33 Å². The Balaban J connectivity index is 2.09. The van der Waals surface area contributed by atoms with Gasteiger partial charge in [0.15, 0.2) is 11.6 Å². The molecule has 2 aromatic heterocycles. The molecule has 2 rings (SSSR count). The second-order valence-corrected chi connectivity index (χ2v) is 4.91. The normalized spacial score (nSPS) is 11.9. The Labute approximate surface area is 116 Å². The maximum Gasteiger partial charge on any atom is 0.205 e. The van der Waals surface area contributed by atoms with Gasteiger partial charge in [0, 0.05) is 6.04 Å². The van der Waals surface area contributed by atoms with E-state index in [0.29, 0.717) is 17.4 Å². The number of aromatic nitrogens is 2. The Morgan fingerprint density at radius 2 is 2.21 bits per heavy atom. The number of hydrogen-bond acceptors (Lipinski definition) is 7. The van der Waals surface area contributed by atoms with Gasteiger partial charge in [-0.3, -0.25) is 0 Å². The highest BCUT2D eigenvalue weighted by Crippen LogP contribution is 2.28. The molecular weight excluding hydrogens is 262 g/mol. The molecule has 0 bridgehead atoms. The first-order valence-corrected chi connectivity index (χ1v) is 6.82. The predicted octanol–water partition coefficient (Wildman–Crippen LogP) is 1.88. The van der Waals surface area contributed by atoms with Crippen LogP contribution < -0.4 is 21.3 Å². The number of nitrogens with zero attached hydrogens (tertiary/aromatic N) is 2. The van der Waals surface area contributed by atoms with Crippen molar-refractivity contribution in [3.63, 3.8) is 0 Å². The summed E-state index contributed by atoms with van der Waals surface area (Å²) >= 11 is 1.70. The molecule has 2 aromatic rings. The van der Waals surface area contributed by atoms with Crippen LogP contribution in [0.15, 0.2) is 23.2 Å². The largest absolute Gasteiger partial charge is 0.490 e. The van der Waals surface area contributed by atoms with Gasteiger partial charge in [-0.05, 0) is 35.7 Å². The molecule has 102 valence electrons. The van der Waals surface area contributed by atoms with Crippen molar-refractivity contribution in [2.24, 2.45) is 5.84 Å². The van der Waals surface area contributed by atoms with Gasteiger partial charge in [0.2, 0.25) is 5.75 Å². The summed E-state index contributed by atoms with van der Waals surface area (Å²) < 4.78 is 5.28. The highest BCUT2D eigenvalue weighted by Gasteiger charge is 2.13. The maximum atomic E-state index is 5.39. The number of nitrogen functional groups attached to an aromatic ring is 1. The fraction of sp³-hybridized carbons (Fsp3) is 0.333. The first-order chi connectivity index (χ1) is 9.24. The Morgan fingerprint density at radius 3 is 2.84 bits per heavy atom. The van der Waals surface area contributed by atoms with Crippen LogP contribution in [0.3, 0.4) is 0 Å². The summed E-state index contributed by atoms with van der Waals surface area (Å²) in [4.78, 5) is 8.19. The van der Waals surface area contributed by atoms with E-state index in [0.717, 1.165) is 6.42 Å². The summed E-state index contributed by atoms with van der Waals surface area (Å²) in [6.45, 7) is 2.09. The molecule has 2 heterocycles. The fourth-order valence-corrected chi connectivity index (χ4v) is 2.50. The molecule has 1 unspecified atom stereocenters. The highest BCUT2D eigenvalue weighted by molar-refractivity contribution is 7.07. The van der Waals surface area contributed by atoms with E-state index in [1.54, 1.807) is 18.4 Å². The average Bonchev–Trinajstić information content (AvgIpc) is 2.91.